The van der Waals surface area contributed by atoms with Gasteiger partial charge in [0.05, 0.1) is 27.2 Å². The number of rotatable bonds is 7. The van der Waals surface area contributed by atoms with Crippen LogP contribution in [0.15, 0.2) is 36.4 Å². The number of aliphatic carboxylic acids is 1. The molecule has 0 radical (unpaired) electrons. The fourth-order valence-electron chi connectivity index (χ4n) is 3.94. The molecule has 1 saturated heterocycles. The van der Waals surface area contributed by atoms with E-state index in [0.29, 0.717) is 52.8 Å². The van der Waals surface area contributed by atoms with Crippen molar-refractivity contribution in [2.24, 2.45) is 0 Å². The third kappa shape index (κ3) is 5.73. The summed E-state index contributed by atoms with van der Waals surface area (Å²) in [4.78, 5) is 19.8. The van der Waals surface area contributed by atoms with Crippen molar-refractivity contribution < 1.29 is 27.8 Å². The summed E-state index contributed by atoms with van der Waals surface area (Å²) in [6.07, 6.45) is -4.47. The highest BCUT2D eigenvalue weighted by Crippen LogP contribution is 2.36. The van der Waals surface area contributed by atoms with Gasteiger partial charge in [0.25, 0.3) is 0 Å². The van der Waals surface area contributed by atoms with Gasteiger partial charge in [0.2, 0.25) is 0 Å². The minimum absolute atomic E-state index is 0.101. The molecule has 0 bridgehead atoms. The van der Waals surface area contributed by atoms with E-state index < -0.39 is 17.7 Å². The molecule has 1 aliphatic heterocycles. The molecule has 0 unspecified atom stereocenters. The molecule has 0 spiro atoms. The zero-order valence-electron chi connectivity index (χ0n) is 18.3. The van der Waals surface area contributed by atoms with Crippen LogP contribution in [0.5, 0.6) is 5.75 Å². The van der Waals surface area contributed by atoms with Crippen LogP contribution in [0.1, 0.15) is 18.1 Å². The van der Waals surface area contributed by atoms with E-state index >= 15 is 0 Å². The van der Waals surface area contributed by atoms with Gasteiger partial charge < -0.3 is 14.7 Å². The zero-order valence-corrected chi connectivity index (χ0v) is 19.9. The molecule has 3 aromatic rings. The Morgan fingerprint density at radius 1 is 1.26 bits per heavy atom. The van der Waals surface area contributed by atoms with Crippen LogP contribution >= 0.6 is 22.9 Å². The van der Waals surface area contributed by atoms with Crippen LogP contribution in [-0.4, -0.2) is 59.8 Å². The highest BCUT2D eigenvalue weighted by atomic mass is 35.5. The highest BCUT2D eigenvalue weighted by molar-refractivity contribution is 7.22. The molecule has 1 N–H and O–H groups in total. The van der Waals surface area contributed by atoms with Crippen molar-refractivity contribution in [2.45, 2.75) is 25.6 Å². The number of thiazole rings is 1. The molecule has 1 aromatic heterocycles. The quantitative estimate of drug-likeness (QED) is 0.469. The van der Waals surface area contributed by atoms with Crippen LogP contribution in [0.2, 0.25) is 5.02 Å². The maximum Gasteiger partial charge on any atom is 0.416 e. The predicted octanol–water partition coefficient (Wildman–Crippen LogP) is 5.19. The van der Waals surface area contributed by atoms with E-state index in [0.717, 1.165) is 23.8 Å². The minimum atomic E-state index is -4.37. The molecule has 0 saturated carbocycles. The lowest BCUT2D eigenvalue weighted by atomic mass is 10.1. The van der Waals surface area contributed by atoms with E-state index in [1.165, 1.54) is 17.4 Å². The summed E-state index contributed by atoms with van der Waals surface area (Å²) in [5, 5.41) is 10.1. The average molecular weight is 514 g/mol. The molecular formula is C23H23ClF3N3O3S. The topological polar surface area (TPSA) is 65.9 Å². The summed E-state index contributed by atoms with van der Waals surface area (Å²) < 4.78 is 45.3. The maximum atomic E-state index is 13.0. The Labute approximate surface area is 203 Å². The summed E-state index contributed by atoms with van der Waals surface area (Å²) in [6.45, 7) is 5.28. The van der Waals surface area contributed by atoms with Crippen molar-refractivity contribution in [1.29, 1.82) is 0 Å². The van der Waals surface area contributed by atoms with E-state index in [9.17, 15) is 18.0 Å². The van der Waals surface area contributed by atoms with Crippen LogP contribution in [0.3, 0.4) is 0 Å². The van der Waals surface area contributed by atoms with Gasteiger partial charge in [0.1, 0.15) is 12.4 Å². The lowest BCUT2D eigenvalue weighted by Crippen LogP contribution is -2.52. The van der Waals surface area contributed by atoms with E-state index in [-0.39, 0.29) is 12.5 Å². The number of benzene rings is 2. The van der Waals surface area contributed by atoms with Crippen LogP contribution in [0, 0.1) is 0 Å². The average Bonchev–Trinajstić information content (AvgIpc) is 3.19. The Kier molecular flexibility index (Phi) is 7.20. The molecule has 11 heteroatoms. The summed E-state index contributed by atoms with van der Waals surface area (Å²) >= 11 is 7.45. The van der Waals surface area contributed by atoms with Gasteiger partial charge in [-0.05, 0) is 42.8 Å². The van der Waals surface area contributed by atoms with E-state index in [2.05, 4.69) is 21.7 Å². The molecule has 1 fully saturated rings. The Hall–Kier alpha value is -2.56. The van der Waals surface area contributed by atoms with Gasteiger partial charge in [0.15, 0.2) is 5.13 Å². The van der Waals surface area contributed by atoms with E-state index in [1.54, 1.807) is 18.2 Å². The van der Waals surface area contributed by atoms with Crippen LogP contribution in [0.25, 0.3) is 10.2 Å². The van der Waals surface area contributed by atoms with Gasteiger partial charge in [-0.2, -0.15) is 13.2 Å². The van der Waals surface area contributed by atoms with E-state index in [1.807, 2.05) is 0 Å². The largest absolute Gasteiger partial charge is 0.491 e. The standard InChI is InChI=1S/C23H23ClF3N3O3S/c1-14-13-30(22-28-18-5-3-16(23(25,26)27)12-20(18)34-22)7-6-29(14)8-9-33-19-10-15(11-21(31)32)2-4-17(19)24/h2-5,10,12,14H,6-9,11,13H2,1H3,(H,31,32)/t14-/m0/s1. The lowest BCUT2D eigenvalue weighted by molar-refractivity contribution is -0.138. The van der Waals surface area contributed by atoms with Gasteiger partial charge in [0, 0.05) is 32.2 Å². The Balaban J connectivity index is 1.34. The van der Waals surface area contributed by atoms with Crippen LogP contribution < -0.4 is 9.64 Å². The smallest absolute Gasteiger partial charge is 0.416 e. The molecule has 6 nitrogen and oxygen atoms in total. The molecular weight excluding hydrogens is 491 g/mol. The summed E-state index contributed by atoms with van der Waals surface area (Å²) in [7, 11) is 0. The first-order valence-electron chi connectivity index (χ1n) is 10.7. The second-order valence-corrected chi connectivity index (χ2v) is 9.61. The van der Waals surface area contributed by atoms with Gasteiger partial charge in [-0.3, -0.25) is 9.69 Å². The number of piperazine rings is 1. The number of carboxylic acids is 1. The molecule has 1 atom stereocenters. The van der Waals surface area contributed by atoms with Crippen molar-refractivity contribution in [3.63, 3.8) is 0 Å². The van der Waals surface area contributed by atoms with Crippen LogP contribution in [0.4, 0.5) is 18.3 Å². The van der Waals surface area contributed by atoms with Crippen molar-refractivity contribution in [2.75, 3.05) is 37.7 Å². The molecule has 1 aliphatic rings. The molecule has 182 valence electrons. The molecule has 34 heavy (non-hydrogen) atoms. The number of carbonyl (C=O) groups is 1. The number of hydrogen-bond acceptors (Lipinski definition) is 6. The van der Waals surface area contributed by atoms with Gasteiger partial charge in [-0.15, -0.1) is 0 Å². The maximum absolute atomic E-state index is 13.0. The summed E-state index contributed by atoms with van der Waals surface area (Å²) in [6, 6.07) is 8.77. The minimum Gasteiger partial charge on any atom is -0.491 e. The summed E-state index contributed by atoms with van der Waals surface area (Å²) in [5.74, 6) is -0.465. The SMILES string of the molecule is C[C@H]1CN(c2nc3ccc(C(F)(F)F)cc3s2)CCN1CCOc1cc(CC(=O)O)ccc1Cl. The predicted molar refractivity (Wildman–Crippen MR) is 126 cm³/mol. The van der Waals surface area contributed by atoms with Crippen molar-refractivity contribution >= 4 is 44.3 Å². The second kappa shape index (κ2) is 9.97. The zero-order chi connectivity index (χ0) is 24.5. The fraction of sp³-hybridized carbons (Fsp3) is 0.391. The van der Waals surface area contributed by atoms with Gasteiger partial charge >= 0.3 is 12.1 Å². The van der Waals surface area contributed by atoms with Gasteiger partial charge in [-0.25, -0.2) is 4.98 Å². The number of fused-ring (bicyclic) bond motifs is 1. The number of halogens is 4. The first-order chi connectivity index (χ1) is 16.1. The van der Waals surface area contributed by atoms with Crippen LogP contribution in [-0.2, 0) is 17.4 Å². The Morgan fingerprint density at radius 2 is 2.06 bits per heavy atom. The van der Waals surface area contributed by atoms with Crippen molar-refractivity contribution in [3.05, 3.63) is 52.5 Å². The Bertz CT molecular complexity index is 1190. The van der Waals surface area contributed by atoms with Crippen molar-refractivity contribution in [3.8, 4) is 5.75 Å². The number of anilines is 1. The molecule has 2 aromatic carbocycles. The highest BCUT2D eigenvalue weighted by Gasteiger charge is 2.31. The first kappa shape index (κ1) is 24.6. The molecule has 0 amide bonds. The number of alkyl halides is 3. The monoisotopic (exact) mass is 513 g/mol. The molecule has 4 rings (SSSR count). The summed E-state index contributed by atoms with van der Waals surface area (Å²) in [5.41, 5.74) is 0.521. The Morgan fingerprint density at radius 3 is 2.76 bits per heavy atom. The second-order valence-electron chi connectivity index (χ2n) is 8.19. The van der Waals surface area contributed by atoms with E-state index in [4.69, 9.17) is 21.4 Å². The third-order valence-electron chi connectivity index (χ3n) is 5.73. The first-order valence-corrected chi connectivity index (χ1v) is 11.9. The van der Waals surface area contributed by atoms with Gasteiger partial charge in [-0.1, -0.05) is 29.0 Å². The lowest BCUT2D eigenvalue weighted by Gasteiger charge is -2.39. The normalized spacial score (nSPS) is 17.3. The number of hydrogen-bond donors (Lipinski definition) is 1. The number of ether oxygens (including phenoxy) is 1. The molecule has 0 aliphatic carbocycles. The number of aromatic nitrogens is 1. The van der Waals surface area contributed by atoms with Crippen molar-refractivity contribution in [1.82, 2.24) is 9.88 Å². The fourth-order valence-corrected chi connectivity index (χ4v) is 5.15. The number of nitrogens with zero attached hydrogens (tertiary/aromatic N) is 3. The number of carboxylic acid groups (broad SMARTS) is 1. The molecule has 2 heterocycles. The third-order valence-corrected chi connectivity index (χ3v) is 7.12.